The van der Waals surface area contributed by atoms with Gasteiger partial charge in [0.25, 0.3) is 5.91 Å². The fourth-order valence-electron chi connectivity index (χ4n) is 4.22. The Bertz CT molecular complexity index is 1160. The van der Waals surface area contributed by atoms with Crippen LogP contribution in [0.4, 0.5) is 5.69 Å². The maximum atomic E-state index is 13.0. The van der Waals surface area contributed by atoms with Crippen molar-refractivity contribution < 1.29 is 19.4 Å². The van der Waals surface area contributed by atoms with Crippen molar-refractivity contribution in [2.75, 3.05) is 18.4 Å². The number of aryl methyl sites for hydroxylation is 1. The van der Waals surface area contributed by atoms with Crippen molar-refractivity contribution >= 4 is 28.4 Å². The average molecular weight is 417 g/mol. The van der Waals surface area contributed by atoms with Crippen LogP contribution >= 0.6 is 0 Å². The Balaban J connectivity index is 1.25. The number of hydrogen-bond donors (Lipinski definition) is 2. The number of piperidine rings is 1. The summed E-state index contributed by atoms with van der Waals surface area (Å²) in [4.78, 5) is 30.5. The van der Waals surface area contributed by atoms with Crippen LogP contribution in [-0.2, 0) is 11.2 Å². The number of aromatic nitrogens is 1. The third kappa shape index (κ3) is 3.96. The van der Waals surface area contributed by atoms with E-state index in [9.17, 15) is 14.7 Å². The van der Waals surface area contributed by atoms with Crippen molar-refractivity contribution in [1.29, 1.82) is 0 Å². The van der Waals surface area contributed by atoms with Crippen LogP contribution in [0.25, 0.3) is 10.9 Å². The minimum absolute atomic E-state index is 0.000905. The summed E-state index contributed by atoms with van der Waals surface area (Å²) in [7, 11) is 0. The molecule has 158 valence electrons. The number of aliphatic hydroxyl groups is 1. The van der Waals surface area contributed by atoms with Crippen molar-refractivity contribution in [2.24, 2.45) is 0 Å². The Morgan fingerprint density at radius 3 is 2.94 bits per heavy atom. The first kappa shape index (κ1) is 19.5. The highest BCUT2D eigenvalue weighted by Gasteiger charge is 2.32. The lowest BCUT2D eigenvalue weighted by atomic mass is 10.0. The first-order valence-electron chi connectivity index (χ1n) is 10.5. The number of carbonyl (C=O) groups is 2. The molecule has 3 aromatic rings. The third-order valence-electron chi connectivity index (χ3n) is 5.92. The second-order valence-electron chi connectivity index (χ2n) is 8.04. The number of anilines is 1. The van der Waals surface area contributed by atoms with E-state index >= 15 is 0 Å². The fourth-order valence-corrected chi connectivity index (χ4v) is 4.22. The van der Waals surface area contributed by atoms with Gasteiger partial charge in [-0.2, -0.15) is 0 Å². The zero-order chi connectivity index (χ0) is 21.4. The average Bonchev–Trinajstić information content (AvgIpc) is 2.79. The van der Waals surface area contributed by atoms with Gasteiger partial charge in [0.15, 0.2) is 0 Å². The smallest absolute Gasteiger partial charge is 0.253 e. The molecule has 1 saturated heterocycles. The van der Waals surface area contributed by atoms with Gasteiger partial charge in [0.1, 0.15) is 18.0 Å². The van der Waals surface area contributed by atoms with Crippen LogP contribution in [-0.4, -0.2) is 52.1 Å². The van der Waals surface area contributed by atoms with E-state index in [1.54, 1.807) is 23.2 Å². The highest BCUT2D eigenvalue weighted by atomic mass is 16.5. The molecule has 0 spiro atoms. The highest BCUT2D eigenvalue weighted by molar-refractivity contribution is 5.98. The molecule has 2 aromatic carbocycles. The summed E-state index contributed by atoms with van der Waals surface area (Å²) >= 11 is 0. The minimum atomic E-state index is -0.801. The number of hydrogen-bond acceptors (Lipinski definition) is 5. The highest BCUT2D eigenvalue weighted by Crippen LogP contribution is 2.29. The van der Waals surface area contributed by atoms with Gasteiger partial charge in [-0.25, -0.2) is 0 Å². The molecule has 2 N–H and O–H groups in total. The van der Waals surface area contributed by atoms with E-state index in [2.05, 4.69) is 10.3 Å². The monoisotopic (exact) mass is 417 g/mol. The quantitative estimate of drug-likeness (QED) is 0.684. The normalized spacial score (nSPS) is 20.8. The first-order chi connectivity index (χ1) is 15.1. The van der Waals surface area contributed by atoms with Crippen molar-refractivity contribution in [3.05, 3.63) is 65.9 Å². The molecule has 0 unspecified atom stereocenters. The van der Waals surface area contributed by atoms with Crippen LogP contribution in [0.5, 0.6) is 5.75 Å². The SMILES string of the molecule is O=C1CCc2ccc(O[C@@H]3CCN(C(=O)c4ccc5ncccc5c4)C[C@H]3O)cc2N1. The molecular weight excluding hydrogens is 394 g/mol. The number of β-amino-alcohol motifs (C(OH)–C–C–N with tert-alkyl or cyclic N) is 1. The number of aliphatic hydroxyl groups excluding tert-OH is 1. The molecule has 2 aliphatic heterocycles. The molecule has 0 aliphatic carbocycles. The van der Waals surface area contributed by atoms with Gasteiger partial charge in [-0.15, -0.1) is 0 Å². The number of ether oxygens (including phenoxy) is 1. The summed E-state index contributed by atoms with van der Waals surface area (Å²) in [6.07, 6.45) is 2.24. The maximum absolute atomic E-state index is 13.0. The van der Waals surface area contributed by atoms with Crippen molar-refractivity contribution in [3.63, 3.8) is 0 Å². The molecule has 5 rings (SSSR count). The van der Waals surface area contributed by atoms with Crippen molar-refractivity contribution in [1.82, 2.24) is 9.88 Å². The maximum Gasteiger partial charge on any atom is 0.253 e. The van der Waals surface area contributed by atoms with Crippen molar-refractivity contribution in [3.8, 4) is 5.75 Å². The Morgan fingerprint density at radius 2 is 2.06 bits per heavy atom. The molecular formula is C24H23N3O4. The molecule has 1 fully saturated rings. The van der Waals surface area contributed by atoms with Gasteiger partial charge in [0, 0.05) is 48.3 Å². The third-order valence-corrected chi connectivity index (χ3v) is 5.92. The molecule has 31 heavy (non-hydrogen) atoms. The number of nitrogens with one attached hydrogen (secondary N) is 1. The topological polar surface area (TPSA) is 91.8 Å². The molecule has 7 heteroatoms. The lowest BCUT2D eigenvalue weighted by Gasteiger charge is -2.36. The molecule has 2 amide bonds. The largest absolute Gasteiger partial charge is 0.488 e. The van der Waals surface area contributed by atoms with E-state index in [0.717, 1.165) is 28.6 Å². The zero-order valence-corrected chi connectivity index (χ0v) is 17.0. The van der Waals surface area contributed by atoms with Crippen LogP contribution < -0.4 is 10.1 Å². The predicted molar refractivity (Wildman–Crippen MR) is 116 cm³/mol. The summed E-state index contributed by atoms with van der Waals surface area (Å²) in [6, 6.07) is 14.8. The molecule has 2 aliphatic rings. The number of pyridine rings is 1. The summed E-state index contributed by atoms with van der Waals surface area (Å²) in [6.45, 7) is 0.698. The number of benzene rings is 2. The Kier molecular flexibility index (Phi) is 5.03. The lowest BCUT2D eigenvalue weighted by Crippen LogP contribution is -2.51. The van der Waals surface area contributed by atoms with E-state index < -0.39 is 12.2 Å². The fraction of sp³-hybridized carbons (Fsp3) is 0.292. The number of amides is 2. The van der Waals surface area contributed by atoms with Gasteiger partial charge in [-0.3, -0.25) is 14.6 Å². The number of likely N-dealkylation sites (tertiary alicyclic amines) is 1. The van der Waals surface area contributed by atoms with Crippen LogP contribution in [0.2, 0.25) is 0 Å². The summed E-state index contributed by atoms with van der Waals surface area (Å²) in [5, 5.41) is 14.4. The minimum Gasteiger partial charge on any atom is -0.488 e. The van der Waals surface area contributed by atoms with Crippen LogP contribution in [0, 0.1) is 0 Å². The van der Waals surface area contributed by atoms with Crippen LogP contribution in [0.15, 0.2) is 54.7 Å². The van der Waals surface area contributed by atoms with Crippen molar-refractivity contribution in [2.45, 2.75) is 31.5 Å². The predicted octanol–water partition coefficient (Wildman–Crippen LogP) is 2.77. The standard InChI is InChI=1S/C24H23N3O4/c28-21-14-27(24(30)17-4-7-19-16(12-17)2-1-10-25-19)11-9-22(21)31-18-6-3-15-5-8-23(29)26-20(15)13-18/h1-4,6-7,10,12-13,21-22,28H,5,8-9,11,14H2,(H,26,29)/t21-,22-/m1/s1. The molecule has 0 bridgehead atoms. The van der Waals surface area contributed by atoms with Gasteiger partial charge in [-0.05, 0) is 42.3 Å². The second kappa shape index (κ2) is 8.00. The molecule has 1 aromatic heterocycles. The first-order valence-corrected chi connectivity index (χ1v) is 10.5. The Labute approximate surface area is 179 Å². The summed E-state index contributed by atoms with van der Waals surface area (Å²) < 4.78 is 6.01. The van der Waals surface area contributed by atoms with E-state index in [4.69, 9.17) is 4.74 Å². The number of fused-ring (bicyclic) bond motifs is 2. The molecule has 2 atom stereocenters. The summed E-state index contributed by atoms with van der Waals surface area (Å²) in [5.41, 5.74) is 3.27. The van der Waals surface area contributed by atoms with Gasteiger partial charge in [0.05, 0.1) is 12.1 Å². The molecule has 3 heterocycles. The number of rotatable bonds is 3. The molecule has 7 nitrogen and oxygen atoms in total. The van der Waals surface area contributed by atoms with Crippen LogP contribution in [0.1, 0.15) is 28.8 Å². The Hall–Kier alpha value is -3.45. The van der Waals surface area contributed by atoms with Gasteiger partial charge >= 0.3 is 0 Å². The van der Waals surface area contributed by atoms with Gasteiger partial charge < -0.3 is 20.1 Å². The number of nitrogens with zero attached hydrogens (tertiary/aromatic N) is 2. The zero-order valence-electron chi connectivity index (χ0n) is 17.0. The van der Waals surface area contributed by atoms with E-state index in [0.29, 0.717) is 30.7 Å². The van der Waals surface area contributed by atoms with E-state index in [1.807, 2.05) is 36.4 Å². The number of carbonyl (C=O) groups excluding carboxylic acids is 2. The Morgan fingerprint density at radius 1 is 1.16 bits per heavy atom. The van der Waals surface area contributed by atoms with Gasteiger partial charge in [-0.1, -0.05) is 12.1 Å². The second-order valence-corrected chi connectivity index (χ2v) is 8.04. The van der Waals surface area contributed by atoms with E-state index in [-0.39, 0.29) is 18.4 Å². The van der Waals surface area contributed by atoms with Crippen LogP contribution in [0.3, 0.4) is 0 Å². The molecule has 0 radical (unpaired) electrons. The van der Waals surface area contributed by atoms with Gasteiger partial charge in [0.2, 0.25) is 5.91 Å². The summed E-state index contributed by atoms with van der Waals surface area (Å²) in [5.74, 6) is 0.493. The van der Waals surface area contributed by atoms with E-state index in [1.165, 1.54) is 0 Å². The molecule has 0 saturated carbocycles. The lowest BCUT2D eigenvalue weighted by molar-refractivity contribution is -0.116.